The minimum atomic E-state index is -0.153. The van der Waals surface area contributed by atoms with Crippen molar-refractivity contribution >= 4 is 17.0 Å². The van der Waals surface area contributed by atoms with Gasteiger partial charge >= 0.3 is 0 Å². The van der Waals surface area contributed by atoms with Gasteiger partial charge in [-0.3, -0.25) is 0 Å². The number of fused-ring (bicyclic) bond motifs is 14. The molecule has 2 unspecified atom stereocenters. The van der Waals surface area contributed by atoms with Gasteiger partial charge in [0.15, 0.2) is 0 Å². The Labute approximate surface area is 187 Å². The first-order valence-corrected chi connectivity index (χ1v) is 11.5. The maximum absolute atomic E-state index is 3.83. The van der Waals surface area contributed by atoms with Gasteiger partial charge in [0.05, 0.1) is 5.41 Å². The molecule has 1 spiro atoms. The Morgan fingerprint density at radius 2 is 1.25 bits per heavy atom. The Morgan fingerprint density at radius 3 is 2.03 bits per heavy atom. The Kier molecular flexibility index (Phi) is 2.99. The van der Waals surface area contributed by atoms with Crippen LogP contribution in [0, 0.1) is 5.92 Å². The van der Waals surface area contributed by atoms with Crippen LogP contribution in [-0.4, -0.2) is 4.98 Å². The molecule has 0 amide bonds. The van der Waals surface area contributed by atoms with E-state index in [1.54, 1.807) is 0 Å². The normalized spacial score (nSPS) is 20.6. The highest BCUT2D eigenvalue weighted by atomic mass is 14.8. The molecular weight excluding hydrogens is 386 g/mol. The minimum absolute atomic E-state index is 0.153. The molecule has 4 aromatic carbocycles. The molecule has 3 aliphatic carbocycles. The van der Waals surface area contributed by atoms with Gasteiger partial charge < -0.3 is 4.98 Å². The van der Waals surface area contributed by atoms with Gasteiger partial charge in [-0.25, -0.2) is 0 Å². The number of allylic oxidation sites excluding steroid dienone is 1. The van der Waals surface area contributed by atoms with Gasteiger partial charge in [0.25, 0.3) is 0 Å². The van der Waals surface area contributed by atoms with Gasteiger partial charge in [-0.15, -0.1) is 0 Å². The van der Waals surface area contributed by atoms with Gasteiger partial charge in [0.2, 0.25) is 0 Å². The second-order valence-electron chi connectivity index (χ2n) is 9.35. The summed E-state index contributed by atoms with van der Waals surface area (Å²) in [5.41, 5.74) is 12.4. The third-order valence-corrected chi connectivity index (χ3v) is 8.13. The van der Waals surface area contributed by atoms with Crippen molar-refractivity contribution in [1.82, 2.24) is 4.98 Å². The number of hydrogen-bond donors (Lipinski definition) is 1. The van der Waals surface area contributed by atoms with Crippen LogP contribution >= 0.6 is 0 Å². The van der Waals surface area contributed by atoms with Crippen molar-refractivity contribution in [2.24, 2.45) is 5.92 Å². The molecule has 0 aliphatic heterocycles. The van der Waals surface area contributed by atoms with Crippen molar-refractivity contribution < 1.29 is 0 Å². The molecule has 0 saturated carbocycles. The van der Waals surface area contributed by atoms with Gasteiger partial charge in [0.1, 0.15) is 0 Å². The average molecular weight is 408 g/mol. The topological polar surface area (TPSA) is 15.8 Å². The lowest BCUT2D eigenvalue weighted by Crippen LogP contribution is -2.33. The molecule has 0 saturated heterocycles. The molecule has 150 valence electrons. The molecule has 1 aromatic heterocycles. The lowest BCUT2D eigenvalue weighted by Gasteiger charge is -2.37. The van der Waals surface area contributed by atoms with Crippen LogP contribution in [0.5, 0.6) is 0 Å². The molecule has 1 nitrogen and oxygen atoms in total. The second-order valence-corrected chi connectivity index (χ2v) is 9.35. The van der Waals surface area contributed by atoms with Crippen molar-refractivity contribution in [1.29, 1.82) is 0 Å². The number of benzene rings is 4. The monoisotopic (exact) mass is 407 g/mol. The lowest BCUT2D eigenvalue weighted by atomic mass is 9.64. The Bertz CT molecular complexity index is 1550. The molecule has 1 heteroatoms. The summed E-state index contributed by atoms with van der Waals surface area (Å²) in [6.45, 7) is 0. The summed E-state index contributed by atoms with van der Waals surface area (Å²) in [6, 6.07) is 36.0. The third-order valence-electron chi connectivity index (χ3n) is 8.13. The standard InChI is InChI=1S/C31H21N/c1-5-13-24-19(9-1)20-10-2-6-14-25(20)31(24)26-15-7-3-12-23(26)29-27(31)18-17-22-21-11-4-8-16-28(21)32-30(22)29/h1-18,27,29,32H. The van der Waals surface area contributed by atoms with Gasteiger partial charge in [0, 0.05) is 34.0 Å². The fourth-order valence-corrected chi connectivity index (χ4v) is 7.07. The van der Waals surface area contributed by atoms with Crippen molar-refractivity contribution in [3.63, 3.8) is 0 Å². The van der Waals surface area contributed by atoms with Crippen LogP contribution in [0.3, 0.4) is 0 Å². The fourth-order valence-electron chi connectivity index (χ4n) is 7.07. The van der Waals surface area contributed by atoms with Crippen LogP contribution in [0.4, 0.5) is 0 Å². The number of nitrogens with one attached hydrogen (secondary N) is 1. The van der Waals surface area contributed by atoms with E-state index in [2.05, 4.69) is 114 Å². The summed E-state index contributed by atoms with van der Waals surface area (Å²) in [6.07, 6.45) is 4.89. The van der Waals surface area contributed by atoms with E-state index < -0.39 is 0 Å². The molecule has 0 bridgehead atoms. The molecule has 8 rings (SSSR count). The van der Waals surface area contributed by atoms with Crippen LogP contribution in [0.15, 0.2) is 103 Å². The van der Waals surface area contributed by atoms with Crippen LogP contribution < -0.4 is 0 Å². The summed E-state index contributed by atoms with van der Waals surface area (Å²) in [7, 11) is 0. The molecule has 0 radical (unpaired) electrons. The summed E-state index contributed by atoms with van der Waals surface area (Å²) in [4.78, 5) is 3.83. The van der Waals surface area contributed by atoms with E-state index >= 15 is 0 Å². The lowest BCUT2D eigenvalue weighted by molar-refractivity contribution is 0.456. The Hall–Kier alpha value is -3.84. The van der Waals surface area contributed by atoms with Gasteiger partial charge in [-0.1, -0.05) is 103 Å². The fraction of sp³-hybridized carbons (Fsp3) is 0.0968. The molecule has 3 aliphatic rings. The number of H-pyrrole nitrogens is 1. The Morgan fingerprint density at radius 1 is 0.625 bits per heavy atom. The van der Waals surface area contributed by atoms with Crippen molar-refractivity contribution in [3.05, 3.63) is 137 Å². The van der Waals surface area contributed by atoms with Crippen LogP contribution in [0.2, 0.25) is 0 Å². The van der Waals surface area contributed by atoms with Crippen molar-refractivity contribution in [2.75, 3.05) is 0 Å². The number of hydrogen-bond acceptors (Lipinski definition) is 0. The van der Waals surface area contributed by atoms with Crippen molar-refractivity contribution in [3.8, 4) is 11.1 Å². The molecule has 32 heavy (non-hydrogen) atoms. The maximum Gasteiger partial charge on any atom is 0.0538 e. The SMILES string of the molecule is C1=CC2C(c3ccccc3C23c2ccccc2-c2ccccc23)c2[nH]c3ccccc3c21. The highest BCUT2D eigenvalue weighted by Gasteiger charge is 2.58. The number of rotatable bonds is 0. The van der Waals surface area contributed by atoms with Gasteiger partial charge in [-0.2, -0.15) is 0 Å². The summed E-state index contributed by atoms with van der Waals surface area (Å²) in [5, 5.41) is 1.32. The van der Waals surface area contributed by atoms with E-state index in [1.807, 2.05) is 0 Å². The summed E-state index contributed by atoms with van der Waals surface area (Å²) < 4.78 is 0. The zero-order valence-corrected chi connectivity index (χ0v) is 17.5. The number of aromatic amines is 1. The van der Waals surface area contributed by atoms with E-state index in [4.69, 9.17) is 0 Å². The van der Waals surface area contributed by atoms with Gasteiger partial charge in [-0.05, 0) is 39.4 Å². The average Bonchev–Trinajstić information content (AvgIpc) is 3.48. The van der Waals surface area contributed by atoms with E-state index in [0.717, 1.165) is 0 Å². The van der Waals surface area contributed by atoms with Crippen molar-refractivity contribution in [2.45, 2.75) is 11.3 Å². The first-order chi connectivity index (χ1) is 15.9. The van der Waals surface area contributed by atoms with Crippen LogP contribution in [0.1, 0.15) is 39.4 Å². The van der Waals surface area contributed by atoms with Crippen LogP contribution in [-0.2, 0) is 5.41 Å². The predicted octanol–water partition coefficient (Wildman–Crippen LogP) is 7.27. The smallest absolute Gasteiger partial charge is 0.0538 e. The summed E-state index contributed by atoms with van der Waals surface area (Å²) in [5.74, 6) is 0.656. The molecule has 2 atom stereocenters. The molecular formula is C31H21N. The van der Waals surface area contributed by atoms with E-state index in [0.29, 0.717) is 11.8 Å². The highest BCUT2D eigenvalue weighted by Crippen LogP contribution is 2.66. The molecule has 1 heterocycles. The van der Waals surface area contributed by atoms with E-state index in [1.165, 1.54) is 55.5 Å². The quantitative estimate of drug-likeness (QED) is 0.278. The largest absolute Gasteiger partial charge is 0.357 e. The van der Waals surface area contributed by atoms with E-state index in [-0.39, 0.29) is 5.41 Å². The first-order valence-electron chi connectivity index (χ1n) is 11.5. The second kappa shape index (κ2) is 5.69. The maximum atomic E-state index is 3.83. The molecule has 0 fully saturated rings. The number of para-hydroxylation sites is 1. The highest BCUT2D eigenvalue weighted by molar-refractivity contribution is 5.93. The zero-order valence-electron chi connectivity index (χ0n) is 17.5. The third kappa shape index (κ3) is 1.75. The summed E-state index contributed by atoms with van der Waals surface area (Å²) >= 11 is 0. The number of aromatic nitrogens is 1. The zero-order chi connectivity index (χ0) is 20.9. The van der Waals surface area contributed by atoms with E-state index in [9.17, 15) is 0 Å². The van der Waals surface area contributed by atoms with Crippen LogP contribution in [0.25, 0.3) is 28.1 Å². The Balaban J connectivity index is 1.52. The minimum Gasteiger partial charge on any atom is -0.357 e. The molecule has 1 N–H and O–H groups in total. The first kappa shape index (κ1) is 16.8. The molecule has 5 aromatic rings. The predicted molar refractivity (Wildman–Crippen MR) is 131 cm³/mol.